The normalized spacial score (nSPS) is 13.9. The molecular weight excluding hydrogens is 292 g/mol. The molecule has 0 radical (unpaired) electrons. The highest BCUT2D eigenvalue weighted by atomic mass is 16.5. The predicted octanol–water partition coefficient (Wildman–Crippen LogP) is 2.31. The molecule has 1 aliphatic rings. The lowest BCUT2D eigenvalue weighted by Crippen LogP contribution is -2.31. The van der Waals surface area contributed by atoms with Crippen molar-refractivity contribution in [3.8, 4) is 11.5 Å². The molecule has 3 aromatic rings. The lowest BCUT2D eigenvalue weighted by Gasteiger charge is -2.30. The molecule has 6 nitrogen and oxygen atoms in total. The Morgan fingerprint density at radius 1 is 1.04 bits per heavy atom. The van der Waals surface area contributed by atoms with E-state index in [1.165, 1.54) is 11.1 Å². The van der Waals surface area contributed by atoms with Crippen LogP contribution in [0.1, 0.15) is 11.1 Å². The van der Waals surface area contributed by atoms with Crippen molar-refractivity contribution in [3.05, 3.63) is 47.9 Å². The third-order valence-electron chi connectivity index (χ3n) is 4.32. The molecule has 0 N–H and O–H groups in total. The number of benzene rings is 1. The molecule has 6 heteroatoms. The molecular formula is C17H18N4O2. The second-order valence-electron chi connectivity index (χ2n) is 5.56. The highest BCUT2D eigenvalue weighted by Crippen LogP contribution is 2.34. The Morgan fingerprint density at radius 3 is 2.61 bits per heavy atom. The summed E-state index contributed by atoms with van der Waals surface area (Å²) in [6.07, 6.45) is 6.41. The summed E-state index contributed by atoms with van der Waals surface area (Å²) in [5.41, 5.74) is 3.58. The van der Waals surface area contributed by atoms with Crippen LogP contribution in [0.15, 0.2) is 36.8 Å². The van der Waals surface area contributed by atoms with Crippen LogP contribution in [-0.2, 0) is 13.0 Å². The first-order chi connectivity index (χ1) is 11.3. The molecule has 2 aromatic heterocycles. The second kappa shape index (κ2) is 5.46. The van der Waals surface area contributed by atoms with Gasteiger partial charge in [-0.25, -0.2) is 9.50 Å². The zero-order valence-electron chi connectivity index (χ0n) is 13.2. The minimum Gasteiger partial charge on any atom is -0.493 e. The van der Waals surface area contributed by atoms with E-state index < -0.39 is 0 Å². The lowest BCUT2D eigenvalue weighted by molar-refractivity contribution is 0.353. The average molecular weight is 310 g/mol. The molecule has 3 heterocycles. The summed E-state index contributed by atoms with van der Waals surface area (Å²) in [4.78, 5) is 6.84. The van der Waals surface area contributed by atoms with E-state index in [2.05, 4.69) is 27.1 Å². The summed E-state index contributed by atoms with van der Waals surface area (Å²) >= 11 is 0. The van der Waals surface area contributed by atoms with Gasteiger partial charge in [-0.2, -0.15) is 5.10 Å². The van der Waals surface area contributed by atoms with Crippen molar-refractivity contribution in [3.63, 3.8) is 0 Å². The Bertz CT molecular complexity index is 859. The second-order valence-corrected chi connectivity index (χ2v) is 5.56. The molecule has 1 aliphatic heterocycles. The van der Waals surface area contributed by atoms with Gasteiger partial charge in [0.1, 0.15) is 5.52 Å². The largest absolute Gasteiger partial charge is 0.493 e. The van der Waals surface area contributed by atoms with Crippen molar-refractivity contribution in [1.29, 1.82) is 0 Å². The maximum absolute atomic E-state index is 5.43. The zero-order chi connectivity index (χ0) is 15.8. The number of hydrogen-bond donors (Lipinski definition) is 0. The summed E-state index contributed by atoms with van der Waals surface area (Å²) in [7, 11) is 3.34. The monoisotopic (exact) mass is 310 g/mol. The van der Waals surface area contributed by atoms with E-state index >= 15 is 0 Å². The fourth-order valence-electron chi connectivity index (χ4n) is 3.15. The first-order valence-electron chi connectivity index (χ1n) is 7.57. The van der Waals surface area contributed by atoms with Crippen LogP contribution in [0.2, 0.25) is 0 Å². The smallest absolute Gasteiger partial charge is 0.161 e. The predicted molar refractivity (Wildman–Crippen MR) is 87.3 cm³/mol. The van der Waals surface area contributed by atoms with E-state index in [4.69, 9.17) is 9.47 Å². The van der Waals surface area contributed by atoms with Crippen LogP contribution in [-0.4, -0.2) is 35.4 Å². The maximum Gasteiger partial charge on any atom is 0.161 e. The van der Waals surface area contributed by atoms with Crippen LogP contribution >= 0.6 is 0 Å². The van der Waals surface area contributed by atoms with Gasteiger partial charge in [-0.05, 0) is 35.7 Å². The van der Waals surface area contributed by atoms with Gasteiger partial charge in [0.15, 0.2) is 17.3 Å². The van der Waals surface area contributed by atoms with Gasteiger partial charge in [0.25, 0.3) is 0 Å². The minimum atomic E-state index is 0.767. The van der Waals surface area contributed by atoms with Crippen molar-refractivity contribution in [2.24, 2.45) is 0 Å². The molecule has 0 bridgehead atoms. The van der Waals surface area contributed by atoms with E-state index in [9.17, 15) is 0 Å². The Kier molecular flexibility index (Phi) is 3.29. The van der Waals surface area contributed by atoms with Crippen LogP contribution in [0.3, 0.4) is 0 Å². The molecule has 0 spiro atoms. The number of rotatable bonds is 3. The Morgan fingerprint density at radius 2 is 1.83 bits per heavy atom. The van der Waals surface area contributed by atoms with Crippen molar-refractivity contribution in [2.75, 3.05) is 25.7 Å². The average Bonchev–Trinajstić information content (AvgIpc) is 3.08. The molecule has 0 saturated carbocycles. The Balaban J connectivity index is 1.72. The maximum atomic E-state index is 5.43. The molecule has 4 rings (SSSR count). The van der Waals surface area contributed by atoms with Gasteiger partial charge >= 0.3 is 0 Å². The first kappa shape index (κ1) is 13.9. The van der Waals surface area contributed by atoms with Crippen LogP contribution in [0.25, 0.3) is 5.52 Å². The molecule has 0 unspecified atom stereocenters. The number of fused-ring (bicyclic) bond motifs is 2. The molecule has 0 saturated heterocycles. The molecule has 0 atom stereocenters. The van der Waals surface area contributed by atoms with Crippen molar-refractivity contribution in [1.82, 2.24) is 14.6 Å². The van der Waals surface area contributed by atoms with E-state index in [-0.39, 0.29) is 0 Å². The van der Waals surface area contributed by atoms with Gasteiger partial charge in [0, 0.05) is 25.5 Å². The molecule has 1 aromatic carbocycles. The van der Waals surface area contributed by atoms with Gasteiger partial charge in [0.05, 0.1) is 20.4 Å². The van der Waals surface area contributed by atoms with Gasteiger partial charge in [-0.1, -0.05) is 0 Å². The van der Waals surface area contributed by atoms with Crippen molar-refractivity contribution < 1.29 is 9.47 Å². The molecule has 0 fully saturated rings. The van der Waals surface area contributed by atoms with Crippen LogP contribution < -0.4 is 14.4 Å². The van der Waals surface area contributed by atoms with Crippen molar-refractivity contribution in [2.45, 2.75) is 13.0 Å². The standard InChI is InChI=1S/C17H18N4O2/c1-22-15-9-12-4-7-20(11-13(12)10-16(15)23-2)17-14-3-5-19-21(14)8-6-18-17/h3,5-6,8-10H,4,7,11H2,1-2H3. The molecule has 0 aliphatic carbocycles. The number of aromatic nitrogens is 3. The molecule has 0 amide bonds. The van der Waals surface area contributed by atoms with Crippen LogP contribution in [0, 0.1) is 0 Å². The van der Waals surface area contributed by atoms with E-state index in [0.29, 0.717) is 0 Å². The number of anilines is 1. The van der Waals surface area contributed by atoms with Gasteiger partial charge < -0.3 is 14.4 Å². The fraction of sp³-hybridized carbons (Fsp3) is 0.294. The number of nitrogens with zero attached hydrogens (tertiary/aromatic N) is 4. The third-order valence-corrected chi connectivity index (χ3v) is 4.32. The summed E-state index contributed by atoms with van der Waals surface area (Å²) in [6, 6.07) is 6.14. The number of methoxy groups -OCH3 is 2. The van der Waals surface area contributed by atoms with E-state index in [0.717, 1.165) is 42.3 Å². The molecule has 118 valence electrons. The van der Waals surface area contributed by atoms with Crippen molar-refractivity contribution >= 4 is 11.3 Å². The first-order valence-corrected chi connectivity index (χ1v) is 7.57. The zero-order valence-corrected chi connectivity index (χ0v) is 13.2. The molecule has 23 heavy (non-hydrogen) atoms. The Labute approximate surface area is 134 Å². The topological polar surface area (TPSA) is 51.9 Å². The van der Waals surface area contributed by atoms with Crippen LogP contribution in [0.4, 0.5) is 5.82 Å². The Hall–Kier alpha value is -2.76. The van der Waals surface area contributed by atoms with Crippen LogP contribution in [0.5, 0.6) is 11.5 Å². The highest BCUT2D eigenvalue weighted by Gasteiger charge is 2.21. The van der Waals surface area contributed by atoms with Gasteiger partial charge in [-0.15, -0.1) is 0 Å². The van der Waals surface area contributed by atoms with Gasteiger partial charge in [0.2, 0.25) is 0 Å². The summed E-state index contributed by atoms with van der Waals surface area (Å²) in [5, 5.41) is 4.28. The number of hydrogen-bond acceptors (Lipinski definition) is 5. The quantitative estimate of drug-likeness (QED) is 0.743. The number of ether oxygens (including phenoxy) is 2. The lowest BCUT2D eigenvalue weighted by atomic mass is 9.98. The minimum absolute atomic E-state index is 0.767. The van der Waals surface area contributed by atoms with E-state index in [1.54, 1.807) is 26.6 Å². The van der Waals surface area contributed by atoms with E-state index in [1.807, 2.05) is 16.8 Å². The summed E-state index contributed by atoms with van der Waals surface area (Å²) in [6.45, 7) is 1.72. The summed E-state index contributed by atoms with van der Waals surface area (Å²) < 4.78 is 12.7. The summed E-state index contributed by atoms with van der Waals surface area (Å²) in [5.74, 6) is 2.52. The fourth-order valence-corrected chi connectivity index (χ4v) is 3.15. The van der Waals surface area contributed by atoms with Gasteiger partial charge in [-0.3, -0.25) is 0 Å². The third kappa shape index (κ3) is 2.27. The highest BCUT2D eigenvalue weighted by molar-refractivity contribution is 5.69. The SMILES string of the molecule is COc1cc2c(cc1OC)CN(c1nccn3nccc13)CC2.